The molecule has 0 spiro atoms. The second-order valence-electron chi connectivity index (χ2n) is 7.91. The van der Waals surface area contributed by atoms with E-state index in [1.165, 1.54) is 0 Å². The third kappa shape index (κ3) is 7.34. The van der Waals surface area contributed by atoms with Gasteiger partial charge in [0.05, 0.1) is 6.42 Å². The van der Waals surface area contributed by atoms with Crippen LogP contribution >= 0.6 is 23.2 Å². The van der Waals surface area contributed by atoms with E-state index in [1.807, 2.05) is 67.6 Å². The number of benzene rings is 3. The minimum Gasteiger partial charge on any atom is -0.354 e. The lowest BCUT2D eigenvalue weighted by Gasteiger charge is -2.32. The van der Waals surface area contributed by atoms with Gasteiger partial charge in [0, 0.05) is 29.6 Å². The molecule has 0 unspecified atom stereocenters. The van der Waals surface area contributed by atoms with Crippen molar-refractivity contribution < 1.29 is 9.59 Å². The number of hydrogen-bond donors (Lipinski definition) is 1. The molecule has 3 rings (SSSR count). The van der Waals surface area contributed by atoms with Gasteiger partial charge in [-0.05, 0) is 41.3 Å². The van der Waals surface area contributed by atoms with E-state index in [9.17, 15) is 9.59 Å². The summed E-state index contributed by atoms with van der Waals surface area (Å²) >= 11 is 12.4. The van der Waals surface area contributed by atoms with Gasteiger partial charge in [0.2, 0.25) is 11.8 Å². The molecule has 0 heterocycles. The van der Waals surface area contributed by atoms with Crippen LogP contribution in [0, 0.1) is 0 Å². The molecule has 0 saturated heterocycles. The summed E-state index contributed by atoms with van der Waals surface area (Å²) in [5.74, 6) is -0.326. The maximum atomic E-state index is 13.6. The lowest BCUT2D eigenvalue weighted by atomic mass is 10.0. The first kappa shape index (κ1) is 24.8. The molecule has 0 aliphatic rings. The van der Waals surface area contributed by atoms with Crippen molar-refractivity contribution in [3.63, 3.8) is 0 Å². The van der Waals surface area contributed by atoms with Crippen molar-refractivity contribution in [2.75, 3.05) is 6.54 Å². The molecule has 0 radical (unpaired) electrons. The van der Waals surface area contributed by atoms with Crippen molar-refractivity contribution in [3.8, 4) is 0 Å². The Bertz CT molecular complexity index is 1060. The van der Waals surface area contributed by atoms with Crippen LogP contribution in [-0.4, -0.2) is 29.3 Å². The van der Waals surface area contributed by atoms with Crippen molar-refractivity contribution in [1.82, 2.24) is 10.2 Å². The molecule has 0 saturated carbocycles. The van der Waals surface area contributed by atoms with Crippen LogP contribution < -0.4 is 5.32 Å². The second-order valence-corrected chi connectivity index (χ2v) is 8.76. The standard InChI is InChI=1S/C27H28Cl2N2O2/c1-2-16-30-27(33)25(17-20-8-4-3-5-9-20)31(19-21-12-14-23(28)15-13-21)26(32)18-22-10-6-7-11-24(22)29/h3-15,25H,2,16-19H2,1H3,(H,30,33)/t25-/m0/s1. The normalized spacial score (nSPS) is 11.6. The van der Waals surface area contributed by atoms with Crippen LogP contribution in [0.1, 0.15) is 30.0 Å². The van der Waals surface area contributed by atoms with E-state index in [0.29, 0.717) is 23.0 Å². The minimum atomic E-state index is -0.662. The molecule has 0 aliphatic carbocycles. The number of nitrogens with one attached hydrogen (secondary N) is 1. The fraction of sp³-hybridized carbons (Fsp3) is 0.259. The predicted molar refractivity (Wildman–Crippen MR) is 134 cm³/mol. The van der Waals surface area contributed by atoms with Crippen molar-refractivity contribution in [2.45, 2.75) is 38.8 Å². The Morgan fingerprint density at radius 2 is 1.55 bits per heavy atom. The Hall–Kier alpha value is -2.82. The summed E-state index contributed by atoms with van der Waals surface area (Å²) in [5.41, 5.74) is 2.62. The zero-order chi connectivity index (χ0) is 23.6. The number of rotatable bonds is 10. The van der Waals surface area contributed by atoms with Crippen LogP contribution in [0.5, 0.6) is 0 Å². The van der Waals surface area contributed by atoms with Gasteiger partial charge < -0.3 is 10.2 Å². The van der Waals surface area contributed by atoms with Crippen LogP contribution in [0.4, 0.5) is 0 Å². The molecule has 1 N–H and O–H groups in total. The Morgan fingerprint density at radius 1 is 0.879 bits per heavy atom. The second kappa shape index (κ2) is 12.4. The largest absolute Gasteiger partial charge is 0.354 e. The highest BCUT2D eigenvalue weighted by atomic mass is 35.5. The van der Waals surface area contributed by atoms with Gasteiger partial charge in [-0.15, -0.1) is 0 Å². The Labute approximate surface area is 205 Å². The average Bonchev–Trinajstić information content (AvgIpc) is 2.83. The number of nitrogens with zero attached hydrogens (tertiary/aromatic N) is 1. The smallest absolute Gasteiger partial charge is 0.243 e. The highest BCUT2D eigenvalue weighted by Gasteiger charge is 2.30. The lowest BCUT2D eigenvalue weighted by Crippen LogP contribution is -2.51. The lowest BCUT2D eigenvalue weighted by molar-refractivity contribution is -0.140. The maximum absolute atomic E-state index is 13.6. The minimum absolute atomic E-state index is 0.111. The van der Waals surface area contributed by atoms with Crippen LogP contribution in [0.3, 0.4) is 0 Å². The number of halogens is 2. The average molecular weight is 483 g/mol. The molecule has 4 nitrogen and oxygen atoms in total. The summed E-state index contributed by atoms with van der Waals surface area (Å²) in [6, 6.07) is 23.7. The van der Waals surface area contributed by atoms with Crippen molar-refractivity contribution in [3.05, 3.63) is 106 Å². The molecule has 3 aromatic carbocycles. The van der Waals surface area contributed by atoms with Gasteiger partial charge in [0.15, 0.2) is 0 Å². The Balaban J connectivity index is 1.95. The van der Waals surface area contributed by atoms with E-state index in [2.05, 4.69) is 5.32 Å². The van der Waals surface area contributed by atoms with Crippen LogP contribution in [-0.2, 0) is 29.0 Å². The van der Waals surface area contributed by atoms with Gasteiger partial charge in [-0.3, -0.25) is 9.59 Å². The quantitative estimate of drug-likeness (QED) is 0.402. The molecular formula is C27H28Cl2N2O2. The Kier molecular flexibility index (Phi) is 9.35. The topological polar surface area (TPSA) is 49.4 Å². The van der Waals surface area contributed by atoms with Crippen LogP contribution in [0.25, 0.3) is 0 Å². The van der Waals surface area contributed by atoms with E-state index in [-0.39, 0.29) is 24.8 Å². The fourth-order valence-corrected chi connectivity index (χ4v) is 3.94. The predicted octanol–water partition coefficient (Wildman–Crippen LogP) is 5.70. The van der Waals surface area contributed by atoms with Gasteiger partial charge in [0.1, 0.15) is 6.04 Å². The highest BCUT2D eigenvalue weighted by molar-refractivity contribution is 6.31. The van der Waals surface area contributed by atoms with E-state index < -0.39 is 6.04 Å². The third-order valence-corrected chi connectivity index (χ3v) is 6.01. The molecule has 3 aromatic rings. The molecule has 6 heteroatoms. The van der Waals surface area contributed by atoms with E-state index in [0.717, 1.165) is 23.1 Å². The van der Waals surface area contributed by atoms with E-state index in [1.54, 1.807) is 23.1 Å². The van der Waals surface area contributed by atoms with Crippen molar-refractivity contribution >= 4 is 35.0 Å². The first-order valence-electron chi connectivity index (χ1n) is 11.1. The molecule has 0 aliphatic heterocycles. The number of carbonyl (C=O) groups excluding carboxylic acids is 2. The fourth-order valence-electron chi connectivity index (χ4n) is 3.61. The Morgan fingerprint density at radius 3 is 2.21 bits per heavy atom. The molecule has 2 amide bonds. The molecule has 172 valence electrons. The van der Waals surface area contributed by atoms with E-state index in [4.69, 9.17) is 23.2 Å². The van der Waals surface area contributed by atoms with Crippen molar-refractivity contribution in [2.24, 2.45) is 0 Å². The molecular weight excluding hydrogens is 455 g/mol. The van der Waals surface area contributed by atoms with Crippen LogP contribution in [0.15, 0.2) is 78.9 Å². The number of hydrogen-bond acceptors (Lipinski definition) is 2. The number of amides is 2. The molecule has 0 bridgehead atoms. The monoisotopic (exact) mass is 482 g/mol. The van der Waals surface area contributed by atoms with Gasteiger partial charge in [-0.25, -0.2) is 0 Å². The zero-order valence-electron chi connectivity index (χ0n) is 18.6. The van der Waals surface area contributed by atoms with E-state index >= 15 is 0 Å². The zero-order valence-corrected chi connectivity index (χ0v) is 20.1. The third-order valence-electron chi connectivity index (χ3n) is 5.39. The van der Waals surface area contributed by atoms with Crippen molar-refractivity contribution in [1.29, 1.82) is 0 Å². The van der Waals surface area contributed by atoms with Gasteiger partial charge in [-0.1, -0.05) is 90.8 Å². The first-order chi connectivity index (χ1) is 16.0. The van der Waals surface area contributed by atoms with Gasteiger partial charge in [0.25, 0.3) is 0 Å². The van der Waals surface area contributed by atoms with Crippen LogP contribution in [0.2, 0.25) is 10.0 Å². The molecule has 0 aromatic heterocycles. The SMILES string of the molecule is CCCNC(=O)[C@H](Cc1ccccc1)N(Cc1ccc(Cl)cc1)C(=O)Cc1ccccc1Cl. The first-order valence-corrected chi connectivity index (χ1v) is 11.8. The number of carbonyl (C=O) groups is 2. The molecule has 1 atom stereocenters. The molecule has 33 heavy (non-hydrogen) atoms. The summed E-state index contributed by atoms with van der Waals surface area (Å²) in [7, 11) is 0. The summed E-state index contributed by atoms with van der Waals surface area (Å²) in [5, 5.41) is 4.13. The molecule has 0 fully saturated rings. The maximum Gasteiger partial charge on any atom is 0.243 e. The highest BCUT2D eigenvalue weighted by Crippen LogP contribution is 2.21. The summed E-state index contributed by atoms with van der Waals surface area (Å²) < 4.78 is 0. The van der Waals surface area contributed by atoms with Gasteiger partial charge >= 0.3 is 0 Å². The summed E-state index contributed by atoms with van der Waals surface area (Å²) in [6.45, 7) is 2.84. The summed E-state index contributed by atoms with van der Waals surface area (Å²) in [4.78, 5) is 28.5. The van der Waals surface area contributed by atoms with Gasteiger partial charge in [-0.2, -0.15) is 0 Å². The summed E-state index contributed by atoms with van der Waals surface area (Å²) in [6.07, 6.45) is 1.34.